The van der Waals surface area contributed by atoms with Crippen LogP contribution in [-0.4, -0.2) is 57.6 Å². The Morgan fingerprint density at radius 2 is 1.63 bits per heavy atom. The standard InChI is InChI=1S/C22H29N3O4S/c1-17-10-8-9-13-20(17)25(30(4,28)29)16-21(26)24(18(2)22(27)23-3)15-14-19-11-6-5-7-12-19/h5-13,18H,14-16H2,1-4H3,(H,23,27)/t18-/m1/s1. The van der Waals surface area contributed by atoms with Crippen molar-refractivity contribution in [3.05, 3.63) is 65.7 Å². The highest BCUT2D eigenvalue weighted by atomic mass is 32.2. The molecule has 1 atom stereocenters. The quantitative estimate of drug-likeness (QED) is 0.658. The summed E-state index contributed by atoms with van der Waals surface area (Å²) in [7, 11) is -2.19. The van der Waals surface area contributed by atoms with E-state index in [1.807, 2.05) is 30.3 Å². The van der Waals surface area contributed by atoms with Gasteiger partial charge in [0.1, 0.15) is 12.6 Å². The summed E-state index contributed by atoms with van der Waals surface area (Å²) < 4.78 is 26.0. The fourth-order valence-corrected chi connectivity index (χ4v) is 4.12. The molecular formula is C22H29N3O4S. The van der Waals surface area contributed by atoms with Crippen LogP contribution in [0.1, 0.15) is 18.1 Å². The van der Waals surface area contributed by atoms with E-state index in [4.69, 9.17) is 0 Å². The number of benzene rings is 2. The molecule has 0 aliphatic carbocycles. The average Bonchev–Trinajstić information content (AvgIpc) is 2.72. The van der Waals surface area contributed by atoms with Gasteiger partial charge in [0.2, 0.25) is 21.8 Å². The molecule has 0 aliphatic heterocycles. The van der Waals surface area contributed by atoms with Crippen molar-refractivity contribution in [1.29, 1.82) is 0 Å². The number of sulfonamides is 1. The number of hydrogen-bond acceptors (Lipinski definition) is 4. The van der Waals surface area contributed by atoms with Gasteiger partial charge in [0, 0.05) is 13.6 Å². The highest BCUT2D eigenvalue weighted by Gasteiger charge is 2.29. The average molecular weight is 432 g/mol. The first-order chi connectivity index (χ1) is 14.1. The van der Waals surface area contributed by atoms with Crippen molar-refractivity contribution in [3.8, 4) is 0 Å². The number of para-hydroxylation sites is 1. The summed E-state index contributed by atoms with van der Waals surface area (Å²) in [6, 6.07) is 15.9. The Morgan fingerprint density at radius 1 is 1.03 bits per heavy atom. The number of carbonyl (C=O) groups excluding carboxylic acids is 2. The van der Waals surface area contributed by atoms with E-state index in [2.05, 4.69) is 5.32 Å². The van der Waals surface area contributed by atoms with Crippen molar-refractivity contribution in [3.63, 3.8) is 0 Å². The van der Waals surface area contributed by atoms with Crippen LogP contribution in [0.25, 0.3) is 0 Å². The Hall–Kier alpha value is -2.87. The van der Waals surface area contributed by atoms with E-state index >= 15 is 0 Å². The second-order valence-electron chi connectivity index (χ2n) is 7.17. The first-order valence-electron chi connectivity index (χ1n) is 9.73. The first-order valence-corrected chi connectivity index (χ1v) is 11.6. The fraction of sp³-hybridized carbons (Fsp3) is 0.364. The minimum Gasteiger partial charge on any atom is -0.357 e. The molecular weight excluding hydrogens is 402 g/mol. The zero-order chi connectivity index (χ0) is 22.3. The number of likely N-dealkylation sites (N-methyl/N-ethyl adjacent to an activating group) is 1. The van der Waals surface area contributed by atoms with Crippen molar-refractivity contribution >= 4 is 27.5 Å². The van der Waals surface area contributed by atoms with E-state index in [1.165, 1.54) is 11.9 Å². The van der Waals surface area contributed by atoms with Gasteiger partial charge in [-0.3, -0.25) is 13.9 Å². The van der Waals surface area contributed by atoms with Crippen LogP contribution < -0.4 is 9.62 Å². The third-order valence-corrected chi connectivity index (χ3v) is 6.09. The summed E-state index contributed by atoms with van der Waals surface area (Å²) in [5.74, 6) is -0.742. The molecule has 2 aromatic carbocycles. The number of rotatable bonds is 9. The third-order valence-electron chi connectivity index (χ3n) is 4.96. The maximum absolute atomic E-state index is 13.2. The highest BCUT2D eigenvalue weighted by molar-refractivity contribution is 7.92. The smallest absolute Gasteiger partial charge is 0.244 e. The molecule has 8 heteroatoms. The zero-order valence-electron chi connectivity index (χ0n) is 17.8. The Balaban J connectivity index is 2.30. The molecule has 2 amide bonds. The lowest BCUT2D eigenvalue weighted by molar-refractivity contribution is -0.138. The number of nitrogens with zero attached hydrogens (tertiary/aromatic N) is 2. The maximum atomic E-state index is 13.2. The maximum Gasteiger partial charge on any atom is 0.244 e. The van der Waals surface area contributed by atoms with Crippen molar-refractivity contribution in [2.24, 2.45) is 0 Å². The molecule has 162 valence electrons. The van der Waals surface area contributed by atoms with Crippen LogP contribution in [-0.2, 0) is 26.0 Å². The summed E-state index contributed by atoms with van der Waals surface area (Å²) in [5, 5.41) is 2.56. The van der Waals surface area contributed by atoms with E-state index in [0.717, 1.165) is 21.7 Å². The summed E-state index contributed by atoms with van der Waals surface area (Å²) in [6.07, 6.45) is 1.63. The van der Waals surface area contributed by atoms with Crippen molar-refractivity contribution in [1.82, 2.24) is 10.2 Å². The zero-order valence-corrected chi connectivity index (χ0v) is 18.6. The van der Waals surface area contributed by atoms with E-state index in [-0.39, 0.29) is 12.5 Å². The van der Waals surface area contributed by atoms with E-state index < -0.39 is 22.0 Å². The van der Waals surface area contributed by atoms with Gasteiger partial charge in [-0.1, -0.05) is 48.5 Å². The Bertz CT molecular complexity index is 977. The van der Waals surface area contributed by atoms with Gasteiger partial charge >= 0.3 is 0 Å². The van der Waals surface area contributed by atoms with Crippen LogP contribution in [0.4, 0.5) is 5.69 Å². The lowest BCUT2D eigenvalue weighted by atomic mass is 10.1. The van der Waals surface area contributed by atoms with Crippen LogP contribution in [0.15, 0.2) is 54.6 Å². The van der Waals surface area contributed by atoms with Gasteiger partial charge in [0.05, 0.1) is 11.9 Å². The van der Waals surface area contributed by atoms with Crippen LogP contribution >= 0.6 is 0 Å². The van der Waals surface area contributed by atoms with Crippen LogP contribution in [0, 0.1) is 6.92 Å². The Kier molecular flexibility index (Phi) is 8.00. The van der Waals surface area contributed by atoms with Gasteiger partial charge in [0.15, 0.2) is 0 Å². The molecule has 0 heterocycles. The summed E-state index contributed by atoms with van der Waals surface area (Å²) in [4.78, 5) is 26.9. The molecule has 0 saturated heterocycles. The van der Waals surface area contributed by atoms with Crippen LogP contribution in [0.3, 0.4) is 0 Å². The molecule has 2 aromatic rings. The van der Waals surface area contributed by atoms with E-state index in [9.17, 15) is 18.0 Å². The van der Waals surface area contributed by atoms with Gasteiger partial charge in [-0.15, -0.1) is 0 Å². The number of amides is 2. The van der Waals surface area contributed by atoms with E-state index in [1.54, 1.807) is 38.1 Å². The van der Waals surface area contributed by atoms with Gasteiger partial charge in [0.25, 0.3) is 0 Å². The van der Waals surface area contributed by atoms with Crippen molar-refractivity contribution < 1.29 is 18.0 Å². The normalized spacial score (nSPS) is 12.1. The molecule has 0 saturated carbocycles. The molecule has 0 fully saturated rings. The molecule has 0 aromatic heterocycles. The van der Waals surface area contributed by atoms with Crippen LogP contribution in [0.5, 0.6) is 0 Å². The number of nitrogens with one attached hydrogen (secondary N) is 1. The van der Waals surface area contributed by atoms with Crippen molar-refractivity contribution in [2.75, 3.05) is 30.7 Å². The minimum atomic E-state index is -3.70. The largest absolute Gasteiger partial charge is 0.357 e. The van der Waals surface area contributed by atoms with Gasteiger partial charge in [-0.2, -0.15) is 0 Å². The number of carbonyl (C=O) groups is 2. The second-order valence-corrected chi connectivity index (χ2v) is 9.08. The van der Waals surface area contributed by atoms with Gasteiger partial charge in [-0.25, -0.2) is 8.42 Å². The number of hydrogen-bond donors (Lipinski definition) is 1. The van der Waals surface area contributed by atoms with Gasteiger partial charge < -0.3 is 10.2 Å². The molecule has 0 spiro atoms. The van der Waals surface area contributed by atoms with E-state index in [0.29, 0.717) is 18.7 Å². The first kappa shape index (κ1) is 23.4. The summed E-state index contributed by atoms with van der Waals surface area (Å²) in [6.45, 7) is 3.35. The number of anilines is 1. The molecule has 0 unspecified atom stereocenters. The molecule has 30 heavy (non-hydrogen) atoms. The summed E-state index contributed by atoms with van der Waals surface area (Å²) in [5.41, 5.74) is 2.22. The SMILES string of the molecule is CNC(=O)[C@@H](C)N(CCc1ccccc1)C(=O)CN(c1ccccc1C)S(C)(=O)=O. The Morgan fingerprint density at radius 3 is 2.20 bits per heavy atom. The van der Waals surface area contributed by atoms with Gasteiger partial charge in [-0.05, 0) is 37.5 Å². The molecule has 7 nitrogen and oxygen atoms in total. The lowest BCUT2D eigenvalue weighted by Gasteiger charge is -2.31. The Labute approximate surface area is 178 Å². The molecule has 2 rings (SSSR count). The van der Waals surface area contributed by atoms with Crippen LogP contribution in [0.2, 0.25) is 0 Å². The topological polar surface area (TPSA) is 86.8 Å². The predicted octanol–water partition coefficient (Wildman–Crippen LogP) is 1.97. The summed E-state index contributed by atoms with van der Waals surface area (Å²) >= 11 is 0. The predicted molar refractivity (Wildman–Crippen MR) is 119 cm³/mol. The third kappa shape index (κ3) is 6.06. The lowest BCUT2D eigenvalue weighted by Crippen LogP contribution is -2.51. The second kappa shape index (κ2) is 10.2. The highest BCUT2D eigenvalue weighted by Crippen LogP contribution is 2.22. The number of aryl methyl sites for hydroxylation is 1. The molecule has 0 radical (unpaired) electrons. The molecule has 0 aliphatic rings. The molecule has 0 bridgehead atoms. The van der Waals surface area contributed by atoms with Crippen molar-refractivity contribution in [2.45, 2.75) is 26.3 Å². The molecule has 1 N–H and O–H groups in total. The minimum absolute atomic E-state index is 0.294. The monoisotopic (exact) mass is 431 g/mol. The fourth-order valence-electron chi connectivity index (χ4n) is 3.22.